The lowest BCUT2D eigenvalue weighted by Gasteiger charge is -2.22. The van der Waals surface area contributed by atoms with E-state index >= 15 is 0 Å². The van der Waals surface area contributed by atoms with Gasteiger partial charge in [-0.2, -0.15) is 26.3 Å². The summed E-state index contributed by atoms with van der Waals surface area (Å²) in [7, 11) is 0. The summed E-state index contributed by atoms with van der Waals surface area (Å²) in [6.07, 6.45) is -11.3. The van der Waals surface area contributed by atoms with Gasteiger partial charge in [0, 0.05) is 0 Å². The Morgan fingerprint density at radius 2 is 1.53 bits per heavy atom. The monoisotopic (exact) mass is 442 g/mol. The van der Waals surface area contributed by atoms with E-state index in [2.05, 4.69) is 5.32 Å². The van der Waals surface area contributed by atoms with Crippen LogP contribution in [0.25, 0.3) is 0 Å². The quantitative estimate of drug-likeness (QED) is 0.478. The number of ether oxygens (including phenoxy) is 1. The molecule has 0 aliphatic carbocycles. The largest absolute Gasteiger partial charge is 0.466 e. The Morgan fingerprint density at radius 3 is 1.93 bits per heavy atom. The van der Waals surface area contributed by atoms with Crippen LogP contribution in [0.2, 0.25) is 0 Å². The van der Waals surface area contributed by atoms with Crippen molar-refractivity contribution >= 4 is 17.8 Å². The molecule has 3 N–H and O–H groups in total. The Kier molecular flexibility index (Phi) is 8.25. The third-order valence-electron chi connectivity index (χ3n) is 4.00. The Balaban J connectivity index is 3.04. The van der Waals surface area contributed by atoms with Crippen LogP contribution in [0.15, 0.2) is 18.2 Å². The number of benzene rings is 1. The number of halogens is 6. The van der Waals surface area contributed by atoms with Crippen molar-refractivity contribution in [1.29, 1.82) is 0 Å². The zero-order valence-electron chi connectivity index (χ0n) is 16.0. The first-order chi connectivity index (χ1) is 13.6. The van der Waals surface area contributed by atoms with E-state index in [0.29, 0.717) is 12.1 Å². The van der Waals surface area contributed by atoms with Gasteiger partial charge in [-0.05, 0) is 36.6 Å². The zero-order valence-corrected chi connectivity index (χ0v) is 16.0. The molecule has 0 radical (unpaired) electrons. The van der Waals surface area contributed by atoms with Gasteiger partial charge in [-0.25, -0.2) is 0 Å². The molecule has 2 amide bonds. The number of alkyl halides is 6. The number of hydrogen-bond donors (Lipinski definition) is 2. The number of carbonyl (C=O) groups is 3. The van der Waals surface area contributed by atoms with Gasteiger partial charge in [0.05, 0.1) is 30.6 Å². The summed E-state index contributed by atoms with van der Waals surface area (Å²) in [6, 6.07) is -0.615. The fraction of sp³-hybridized carbons (Fsp3) is 0.500. The maximum atomic E-state index is 12.9. The van der Waals surface area contributed by atoms with Crippen LogP contribution in [0, 0.1) is 5.92 Å². The van der Waals surface area contributed by atoms with Crippen molar-refractivity contribution in [3.8, 4) is 0 Å². The van der Waals surface area contributed by atoms with Crippen molar-refractivity contribution in [3.05, 3.63) is 34.9 Å². The Labute approximate surface area is 167 Å². The first kappa shape index (κ1) is 25.2. The number of nitrogens with one attached hydrogen (secondary N) is 1. The number of carbonyl (C=O) groups excluding carboxylic acids is 3. The smallest absolute Gasteiger partial charge is 0.416 e. The zero-order chi connectivity index (χ0) is 23.3. The van der Waals surface area contributed by atoms with Gasteiger partial charge in [0.25, 0.3) is 0 Å². The van der Waals surface area contributed by atoms with Crippen LogP contribution in [0.5, 0.6) is 0 Å². The molecule has 0 aromatic heterocycles. The van der Waals surface area contributed by atoms with Crippen molar-refractivity contribution in [1.82, 2.24) is 5.32 Å². The average molecular weight is 442 g/mol. The Bertz CT molecular complexity index is 760. The van der Waals surface area contributed by atoms with Gasteiger partial charge in [0.2, 0.25) is 11.8 Å². The number of nitrogens with two attached hydrogens (primary N) is 1. The Hall–Kier alpha value is -2.79. The number of primary amides is 1. The molecule has 0 saturated heterocycles. The number of amides is 2. The van der Waals surface area contributed by atoms with Crippen molar-refractivity contribution in [2.45, 2.75) is 45.1 Å². The minimum Gasteiger partial charge on any atom is -0.466 e. The van der Waals surface area contributed by atoms with E-state index in [1.807, 2.05) is 0 Å². The molecule has 0 heterocycles. The second-order valence-electron chi connectivity index (χ2n) is 6.52. The molecular formula is C18H20F6N2O4. The third kappa shape index (κ3) is 7.56. The number of hydrogen-bond acceptors (Lipinski definition) is 4. The van der Waals surface area contributed by atoms with Gasteiger partial charge in [-0.3, -0.25) is 14.4 Å². The normalized spacial score (nSPS) is 14.0. The van der Waals surface area contributed by atoms with E-state index in [1.54, 1.807) is 6.92 Å². The highest BCUT2D eigenvalue weighted by Gasteiger charge is 2.37. The maximum Gasteiger partial charge on any atom is 0.416 e. The van der Waals surface area contributed by atoms with Crippen LogP contribution < -0.4 is 11.1 Å². The van der Waals surface area contributed by atoms with E-state index < -0.39 is 65.2 Å². The predicted molar refractivity (Wildman–Crippen MR) is 91.7 cm³/mol. The highest BCUT2D eigenvalue weighted by atomic mass is 19.4. The van der Waals surface area contributed by atoms with Gasteiger partial charge in [0.1, 0.15) is 6.04 Å². The topological polar surface area (TPSA) is 98.5 Å². The van der Waals surface area contributed by atoms with Gasteiger partial charge in [0.15, 0.2) is 0 Å². The molecule has 0 aliphatic heterocycles. The highest BCUT2D eigenvalue weighted by molar-refractivity contribution is 5.88. The lowest BCUT2D eigenvalue weighted by Crippen LogP contribution is -2.49. The van der Waals surface area contributed by atoms with Crippen molar-refractivity contribution in [2.75, 3.05) is 6.61 Å². The van der Waals surface area contributed by atoms with Crippen molar-refractivity contribution in [2.24, 2.45) is 11.7 Å². The van der Waals surface area contributed by atoms with E-state index in [9.17, 15) is 40.7 Å². The molecule has 0 bridgehead atoms. The van der Waals surface area contributed by atoms with Crippen LogP contribution in [0.1, 0.15) is 37.0 Å². The van der Waals surface area contributed by atoms with E-state index in [0.717, 1.165) is 0 Å². The molecule has 6 nitrogen and oxygen atoms in total. The van der Waals surface area contributed by atoms with Gasteiger partial charge in [-0.15, -0.1) is 0 Å². The number of rotatable bonds is 8. The summed E-state index contributed by atoms with van der Waals surface area (Å²) >= 11 is 0. The highest BCUT2D eigenvalue weighted by Crippen LogP contribution is 2.36. The molecule has 12 heteroatoms. The predicted octanol–water partition coefficient (Wildman–Crippen LogP) is 2.83. The summed E-state index contributed by atoms with van der Waals surface area (Å²) in [6.45, 7) is 3.04. The third-order valence-corrected chi connectivity index (χ3v) is 4.00. The molecule has 30 heavy (non-hydrogen) atoms. The minimum atomic E-state index is -5.06. The molecule has 168 valence electrons. The van der Waals surface area contributed by atoms with Crippen LogP contribution in [-0.4, -0.2) is 30.4 Å². The molecule has 2 atom stereocenters. The van der Waals surface area contributed by atoms with Gasteiger partial charge >= 0.3 is 18.3 Å². The molecule has 1 aromatic rings. The second kappa shape index (κ2) is 9.81. The summed E-state index contributed by atoms with van der Waals surface area (Å²) in [5.74, 6) is -3.56. The van der Waals surface area contributed by atoms with Crippen molar-refractivity contribution < 1.29 is 45.5 Å². The van der Waals surface area contributed by atoms with Crippen LogP contribution in [0.4, 0.5) is 26.3 Å². The SMILES string of the molecule is CCOC(=O)C[C@@H](C)[C@H](NC(=O)Cc1cc(C(F)(F)F)cc(C(F)(F)F)c1)C(N)=O. The number of esters is 1. The standard InChI is InChI=1S/C18H20F6N2O4/c1-3-30-14(28)4-9(2)15(16(25)29)26-13(27)7-10-5-11(17(19,20)21)8-12(6-10)18(22,23)24/h5-6,8-9,15H,3-4,7H2,1-2H3,(H2,25,29)(H,26,27)/t9-,15+/m1/s1. The molecule has 0 spiro atoms. The van der Waals surface area contributed by atoms with Gasteiger partial charge in [-0.1, -0.05) is 6.92 Å². The average Bonchev–Trinajstić information content (AvgIpc) is 2.57. The molecule has 0 fully saturated rings. The van der Waals surface area contributed by atoms with Crippen LogP contribution in [-0.2, 0) is 37.9 Å². The fourth-order valence-corrected chi connectivity index (χ4v) is 2.63. The lowest BCUT2D eigenvalue weighted by atomic mass is 9.97. The minimum absolute atomic E-state index is 0.0605. The second-order valence-corrected chi connectivity index (χ2v) is 6.52. The molecule has 0 aliphatic rings. The molecule has 1 aromatic carbocycles. The summed E-state index contributed by atoms with van der Waals surface area (Å²) in [5.41, 5.74) is 1.49. The molecule has 0 unspecified atom stereocenters. The van der Waals surface area contributed by atoms with Crippen LogP contribution >= 0.6 is 0 Å². The first-order valence-electron chi connectivity index (χ1n) is 8.67. The lowest BCUT2D eigenvalue weighted by molar-refractivity contribution is -0.145. The summed E-state index contributed by atoms with van der Waals surface area (Å²) in [5, 5.41) is 2.14. The van der Waals surface area contributed by atoms with E-state index in [4.69, 9.17) is 10.5 Å². The van der Waals surface area contributed by atoms with E-state index in [-0.39, 0.29) is 19.1 Å². The molecule has 0 saturated carbocycles. The fourth-order valence-electron chi connectivity index (χ4n) is 2.63. The molecule has 1 rings (SSSR count). The summed E-state index contributed by atoms with van der Waals surface area (Å²) < 4.78 is 82.2. The summed E-state index contributed by atoms with van der Waals surface area (Å²) in [4.78, 5) is 35.3. The van der Waals surface area contributed by atoms with Gasteiger partial charge < -0.3 is 15.8 Å². The van der Waals surface area contributed by atoms with E-state index in [1.165, 1.54) is 6.92 Å². The van der Waals surface area contributed by atoms with Crippen LogP contribution in [0.3, 0.4) is 0 Å². The Morgan fingerprint density at radius 1 is 1.03 bits per heavy atom. The maximum absolute atomic E-state index is 12.9. The molecular weight excluding hydrogens is 422 g/mol. The first-order valence-corrected chi connectivity index (χ1v) is 8.67. The van der Waals surface area contributed by atoms with Crippen molar-refractivity contribution in [3.63, 3.8) is 0 Å².